The normalized spacial score (nSPS) is 25.1. The SMILES string of the molecule is COc1ccc(C[C@@H]2NC(=O)[C@H]([C@@H](C)OC(C)(C)C)NC(=O)[C@@H]3[C@@H]4CCN3C(=O)[C@H]3CC(=O)[C@H](Cc5cccc(c5)CNC(=O)CO4)NC(=O)[C@@H](CNC(=O)OC(C)(C)C)NC(=O)[C@H](C)CC(=O)CCC(=O)N(CCCC=CCn4cc(c5cc(F)ccc54)C3)Cc3ccc(cc3)CCCC(=O)[C@]3(C)CCCN3C2=O)cc1. The number of hydrogen-bond donors (Lipinski definition) is 6. The van der Waals surface area contributed by atoms with E-state index >= 15 is 33.2 Å². The van der Waals surface area contributed by atoms with Gasteiger partial charge in [0.15, 0.2) is 11.6 Å². The number of nitrogens with one attached hydrogen (secondary N) is 6. The van der Waals surface area contributed by atoms with Gasteiger partial charge in [0.1, 0.15) is 53.7 Å². The third kappa shape index (κ3) is 22.6. The van der Waals surface area contributed by atoms with E-state index < -0.39 is 155 Å². The Morgan fingerprint density at radius 3 is 2.17 bits per heavy atom. The van der Waals surface area contributed by atoms with Gasteiger partial charge in [-0.2, -0.15) is 0 Å². The van der Waals surface area contributed by atoms with Crippen LogP contribution in [0.3, 0.4) is 0 Å². The second-order valence-electron chi connectivity index (χ2n) is 32.5. The molecule has 0 spiro atoms. The highest BCUT2D eigenvalue weighted by molar-refractivity contribution is 6.00. The lowest BCUT2D eigenvalue weighted by Gasteiger charge is -2.37. The van der Waals surface area contributed by atoms with Crippen LogP contribution < -0.4 is 36.6 Å². The molecule has 7 heterocycles. The summed E-state index contributed by atoms with van der Waals surface area (Å²) in [4.78, 5) is 184. The molecule has 2 saturated heterocycles. The fourth-order valence-corrected chi connectivity index (χ4v) is 15.6. The molecule has 10 atom stereocenters. The second-order valence-corrected chi connectivity index (χ2v) is 32.5. The van der Waals surface area contributed by atoms with Crippen molar-refractivity contribution in [1.29, 1.82) is 0 Å². The van der Waals surface area contributed by atoms with Gasteiger partial charge in [0.25, 0.3) is 0 Å². The molecule has 6 N–H and O–H groups in total. The minimum absolute atomic E-state index is 0.0510. The molecule has 602 valence electrons. The first-order chi connectivity index (χ1) is 53.2. The summed E-state index contributed by atoms with van der Waals surface area (Å²) < 4.78 is 41.7. The van der Waals surface area contributed by atoms with Crippen molar-refractivity contribution in [3.63, 3.8) is 0 Å². The number of rotatable bonds is 7. The maximum absolute atomic E-state index is 16.4. The van der Waals surface area contributed by atoms with E-state index in [0.29, 0.717) is 77.4 Å². The maximum atomic E-state index is 16.4. The summed E-state index contributed by atoms with van der Waals surface area (Å²) in [5.74, 6) is -9.67. The molecule has 9 amide bonds. The van der Waals surface area contributed by atoms with Crippen molar-refractivity contribution in [2.75, 3.05) is 39.9 Å². The lowest BCUT2D eigenvalue weighted by atomic mass is 9.88. The average Bonchev–Trinajstić information content (AvgIpc) is 1.61. The van der Waals surface area contributed by atoms with Crippen molar-refractivity contribution in [2.24, 2.45) is 11.8 Å². The Balaban J connectivity index is 1.12. The van der Waals surface area contributed by atoms with Gasteiger partial charge < -0.3 is 70.1 Å². The molecular formula is C85H109FN10O16. The van der Waals surface area contributed by atoms with E-state index in [1.165, 1.54) is 36.0 Å². The number of nitrogens with zero attached hydrogens (tertiary/aromatic N) is 4. The molecule has 112 heavy (non-hydrogen) atoms. The van der Waals surface area contributed by atoms with Gasteiger partial charge in [-0.3, -0.25) is 52.7 Å². The fourth-order valence-electron chi connectivity index (χ4n) is 15.6. The Labute approximate surface area is 654 Å². The number of alkyl carbamates (subject to hydrolysis) is 1. The zero-order chi connectivity index (χ0) is 80.8. The van der Waals surface area contributed by atoms with E-state index in [1.807, 2.05) is 41.0 Å². The molecule has 0 aliphatic carbocycles. The number of ether oxygens (including phenoxy) is 4. The first-order valence-electron chi connectivity index (χ1n) is 39.1. The molecule has 2 fully saturated rings. The molecule has 6 aliphatic heterocycles. The molecule has 4 aromatic carbocycles. The van der Waals surface area contributed by atoms with Gasteiger partial charge >= 0.3 is 6.09 Å². The minimum atomic E-state index is -1.65. The van der Waals surface area contributed by atoms with Crippen molar-refractivity contribution < 1.29 is 80.9 Å². The number of carbonyl (C=O) groups excluding carboxylic acids is 12. The number of hydrogen-bond acceptors (Lipinski definition) is 16. The quantitative estimate of drug-likeness (QED) is 0.0849. The molecule has 0 radical (unpaired) electrons. The number of methoxy groups -OCH3 is 1. The first kappa shape index (κ1) is 84.3. The maximum Gasteiger partial charge on any atom is 0.407 e. The zero-order valence-electron chi connectivity index (χ0n) is 66.1. The molecular weight excluding hydrogens is 1440 g/mol. The van der Waals surface area contributed by atoms with Crippen LogP contribution in [0.15, 0.2) is 109 Å². The van der Waals surface area contributed by atoms with Crippen molar-refractivity contribution in [1.82, 2.24) is 51.2 Å². The number of amides is 9. The van der Waals surface area contributed by atoms with Crippen molar-refractivity contribution in [3.05, 3.63) is 149 Å². The number of aromatic nitrogens is 1. The minimum Gasteiger partial charge on any atom is -0.497 e. The van der Waals surface area contributed by atoms with Gasteiger partial charge in [-0.05, 0) is 177 Å². The lowest BCUT2D eigenvalue weighted by molar-refractivity contribution is -0.150. The predicted octanol–water partition coefficient (Wildman–Crippen LogP) is 7.72. The van der Waals surface area contributed by atoms with E-state index in [2.05, 4.69) is 31.9 Å². The van der Waals surface area contributed by atoms with E-state index in [9.17, 15) is 28.8 Å². The number of fused-ring (bicyclic) bond motifs is 16. The van der Waals surface area contributed by atoms with Gasteiger partial charge in [-0.15, -0.1) is 0 Å². The Morgan fingerprint density at radius 2 is 1.44 bits per heavy atom. The van der Waals surface area contributed by atoms with Crippen LogP contribution in [0.1, 0.15) is 166 Å². The van der Waals surface area contributed by atoms with Crippen LogP contribution in [-0.4, -0.2) is 189 Å². The summed E-state index contributed by atoms with van der Waals surface area (Å²) in [7, 11) is 1.52. The van der Waals surface area contributed by atoms with E-state index in [0.717, 1.165) is 11.1 Å². The number of carbonyl (C=O) groups is 12. The zero-order valence-corrected chi connectivity index (χ0v) is 66.1. The van der Waals surface area contributed by atoms with Crippen LogP contribution in [-0.2, 0) is 112 Å². The molecule has 26 nitrogen and oxygen atoms in total. The van der Waals surface area contributed by atoms with E-state index in [1.54, 1.807) is 121 Å². The molecule has 27 heteroatoms. The van der Waals surface area contributed by atoms with Crippen LogP contribution in [0.2, 0.25) is 0 Å². The van der Waals surface area contributed by atoms with Crippen LogP contribution in [0, 0.1) is 17.7 Å². The number of Topliss-reactive ketones (excluding diaryl/α,β-unsaturated/α-hetero) is 3. The van der Waals surface area contributed by atoms with Crippen molar-refractivity contribution in [3.8, 4) is 5.75 Å². The van der Waals surface area contributed by atoms with Crippen molar-refractivity contribution >= 4 is 81.6 Å². The summed E-state index contributed by atoms with van der Waals surface area (Å²) >= 11 is 0. The number of benzene rings is 4. The predicted molar refractivity (Wildman–Crippen MR) is 415 cm³/mol. The van der Waals surface area contributed by atoms with Crippen LogP contribution in [0.4, 0.5) is 9.18 Å². The monoisotopic (exact) mass is 1540 g/mol. The smallest absolute Gasteiger partial charge is 0.407 e. The molecule has 11 rings (SSSR count). The molecule has 1 aromatic heterocycles. The topological polar surface area (TPSA) is 329 Å². The second kappa shape index (κ2) is 37.5. The number of ketones is 3. The molecule has 0 unspecified atom stereocenters. The van der Waals surface area contributed by atoms with Crippen LogP contribution in [0.5, 0.6) is 5.75 Å². The average molecular weight is 1550 g/mol. The van der Waals surface area contributed by atoms with Gasteiger partial charge in [0.05, 0.1) is 43.0 Å². The third-order valence-corrected chi connectivity index (χ3v) is 21.4. The summed E-state index contributed by atoms with van der Waals surface area (Å²) in [6.07, 6.45) is 3.15. The standard InChI is InChI=1S/C85H109FN10O16/c1-52-40-62(97)29-33-73(101)94-37-14-12-11-13-36-93-50-60(64-46-61(86)28-32-68(64)93)44-59-45-69(98)65(89-77(103)67(91-76(52)102)48-88-82(108)112-84(6,7)8)43-57-19-15-20-58(41-57)47-87-72(100)51-110-70-34-39-95(80(59)106)75(70)79(105)92-74(53(2)111-83(3,4)5)78(104)90-66(42-55-26-30-63(109-10)31-27-55)81(107)96-38-17-35-85(96,9)71(99)21-16-18-54-22-24-56(49-94)25-23-54/h11,13,15,19-20,22-28,30-32,41,46,50,52-53,59,65-67,70,74-75H,12,14,16-18,21,29,33-40,42-45,47-49,51H2,1-10H3,(H,87,100)(H,88,108)(H,89,103)(H,90,104)(H,91,102)(H,92,105)/t52-,53-,59-,65+,66+,67-,70+,74+,75+,85+/m1/s1. The highest BCUT2D eigenvalue weighted by atomic mass is 19.1. The number of halogens is 1. The summed E-state index contributed by atoms with van der Waals surface area (Å²) in [5.41, 5.74) is 1.17. The van der Waals surface area contributed by atoms with E-state index in [4.69, 9.17) is 18.9 Å². The first-order valence-corrected chi connectivity index (χ1v) is 39.1. The van der Waals surface area contributed by atoms with Crippen LogP contribution in [0.25, 0.3) is 10.9 Å². The van der Waals surface area contributed by atoms with Gasteiger partial charge in [0, 0.05) is 107 Å². The lowest BCUT2D eigenvalue weighted by Crippen LogP contribution is -2.63. The Bertz CT molecular complexity index is 4320. The number of allylic oxidation sites excluding steroid dienone is 2. The van der Waals surface area contributed by atoms with Crippen molar-refractivity contribution in [2.45, 2.75) is 237 Å². The fraction of sp³-hybridized carbons (Fsp3) is 0.529. The Kier molecular flexibility index (Phi) is 28.2. The highest BCUT2D eigenvalue weighted by Gasteiger charge is 2.50. The summed E-state index contributed by atoms with van der Waals surface area (Å²) in [6, 6.07) is 18.0. The molecule has 0 saturated carbocycles. The van der Waals surface area contributed by atoms with E-state index in [-0.39, 0.29) is 102 Å². The Morgan fingerprint density at radius 1 is 0.705 bits per heavy atom. The summed E-state index contributed by atoms with van der Waals surface area (Å²) in [5, 5.41) is 17.2. The highest BCUT2D eigenvalue weighted by Crippen LogP contribution is 2.35. The molecule has 12 bridgehead atoms. The largest absolute Gasteiger partial charge is 0.497 e. The van der Waals surface area contributed by atoms with Gasteiger partial charge in [-0.25, -0.2) is 9.18 Å². The third-order valence-electron chi connectivity index (χ3n) is 21.4. The Hall–Kier alpha value is -10.2. The van der Waals surface area contributed by atoms with Gasteiger partial charge in [0.2, 0.25) is 47.3 Å². The molecule has 6 aliphatic rings. The molecule has 5 aromatic rings. The van der Waals surface area contributed by atoms with Gasteiger partial charge in [-0.1, -0.05) is 79.7 Å². The summed E-state index contributed by atoms with van der Waals surface area (Å²) in [6.45, 7) is 14.5. The van der Waals surface area contributed by atoms with Crippen LogP contribution >= 0.6 is 0 Å². The number of aryl methyl sites for hydroxylation is 1.